The molecule has 0 aliphatic rings. The van der Waals surface area contributed by atoms with Crippen LogP contribution in [-0.2, 0) is 17.1 Å². The molecule has 0 saturated heterocycles. The van der Waals surface area contributed by atoms with E-state index in [1.165, 1.54) is 43.8 Å². The topological polar surface area (TPSA) is 0 Å². The Kier molecular flexibility index (Phi) is 6.48. The molecule has 0 fully saturated rings. The first kappa shape index (κ1) is 20.9. The summed E-state index contributed by atoms with van der Waals surface area (Å²) in [5.74, 6) is 0. The van der Waals surface area contributed by atoms with Crippen LogP contribution in [-0.4, -0.2) is 0 Å². The third kappa shape index (κ3) is 4.70. The quantitative estimate of drug-likeness (QED) is 0.188. The van der Waals surface area contributed by atoms with Gasteiger partial charge in [0.25, 0.3) is 0 Å². The van der Waals surface area contributed by atoms with Crippen molar-refractivity contribution < 1.29 is 17.1 Å². The van der Waals surface area contributed by atoms with Crippen molar-refractivity contribution in [2.45, 2.75) is 0 Å². The van der Waals surface area contributed by atoms with Crippen LogP contribution in [0.15, 0.2) is 133 Å². The molecule has 6 rings (SSSR count). The predicted octanol–water partition coefficient (Wildman–Crippen LogP) is 8.45. The van der Waals surface area contributed by atoms with Crippen LogP contribution in [0.25, 0.3) is 43.8 Å². The normalized spacial score (nSPS) is 10.3. The van der Waals surface area contributed by atoms with Gasteiger partial charge in [0.1, 0.15) is 0 Å². The zero-order valence-corrected chi connectivity index (χ0v) is 18.2. The molecule has 0 heterocycles. The molecular formula is C30H22Fe. The van der Waals surface area contributed by atoms with E-state index < -0.39 is 0 Å². The third-order valence-electron chi connectivity index (χ3n) is 5.45. The standard InChI is InChI=1S/2C15H11.Fe/c2*1-2-6-12(7-3-1)15-10-13-8-4-5-9-14(13)11-15;/h2*1-11H;/q2*-1;+2. The van der Waals surface area contributed by atoms with Crippen LogP contribution in [0.5, 0.6) is 0 Å². The van der Waals surface area contributed by atoms with Crippen molar-refractivity contribution in [3.05, 3.63) is 133 Å². The maximum absolute atomic E-state index is 2.24. The van der Waals surface area contributed by atoms with E-state index >= 15 is 0 Å². The van der Waals surface area contributed by atoms with Crippen LogP contribution in [0.2, 0.25) is 0 Å². The molecule has 0 unspecified atom stereocenters. The summed E-state index contributed by atoms with van der Waals surface area (Å²) in [4.78, 5) is 0. The van der Waals surface area contributed by atoms with Crippen molar-refractivity contribution in [1.82, 2.24) is 0 Å². The Bertz CT molecular complexity index is 1200. The van der Waals surface area contributed by atoms with Crippen LogP contribution in [0, 0.1) is 0 Å². The molecule has 150 valence electrons. The van der Waals surface area contributed by atoms with Gasteiger partial charge in [0, 0.05) is 0 Å². The largest absolute Gasteiger partial charge is 2.00 e. The van der Waals surface area contributed by atoms with Crippen LogP contribution in [0.4, 0.5) is 0 Å². The minimum absolute atomic E-state index is 0. The van der Waals surface area contributed by atoms with Gasteiger partial charge < -0.3 is 0 Å². The molecule has 6 aromatic carbocycles. The van der Waals surface area contributed by atoms with Gasteiger partial charge in [0.05, 0.1) is 0 Å². The van der Waals surface area contributed by atoms with E-state index in [4.69, 9.17) is 0 Å². The Morgan fingerprint density at radius 1 is 0.387 bits per heavy atom. The van der Waals surface area contributed by atoms with Gasteiger partial charge in [0.15, 0.2) is 0 Å². The second-order valence-corrected chi connectivity index (χ2v) is 7.48. The Hall–Kier alpha value is -3.38. The van der Waals surface area contributed by atoms with E-state index in [1.807, 2.05) is 12.1 Å². The maximum atomic E-state index is 2.24. The van der Waals surface area contributed by atoms with Crippen molar-refractivity contribution in [1.29, 1.82) is 0 Å². The first-order chi connectivity index (χ1) is 14.9. The number of hydrogen-bond acceptors (Lipinski definition) is 0. The van der Waals surface area contributed by atoms with Crippen LogP contribution < -0.4 is 0 Å². The molecule has 0 nitrogen and oxygen atoms in total. The van der Waals surface area contributed by atoms with E-state index in [2.05, 4.69) is 121 Å². The zero-order valence-electron chi connectivity index (χ0n) is 17.1. The fourth-order valence-corrected chi connectivity index (χ4v) is 3.90. The summed E-state index contributed by atoms with van der Waals surface area (Å²) in [5, 5.41) is 5.26. The fourth-order valence-electron chi connectivity index (χ4n) is 3.90. The zero-order chi connectivity index (χ0) is 20.2. The molecule has 0 spiro atoms. The third-order valence-corrected chi connectivity index (χ3v) is 5.45. The van der Waals surface area contributed by atoms with Gasteiger partial charge >= 0.3 is 17.1 Å². The molecule has 31 heavy (non-hydrogen) atoms. The van der Waals surface area contributed by atoms with E-state index in [9.17, 15) is 0 Å². The van der Waals surface area contributed by atoms with E-state index in [0.717, 1.165) is 0 Å². The summed E-state index contributed by atoms with van der Waals surface area (Å²) in [6.07, 6.45) is 0. The molecule has 6 aromatic rings. The molecule has 0 radical (unpaired) electrons. The minimum Gasteiger partial charge on any atom is -0.145 e. The number of benzene rings is 4. The second kappa shape index (κ2) is 9.62. The van der Waals surface area contributed by atoms with Crippen molar-refractivity contribution in [2.24, 2.45) is 0 Å². The van der Waals surface area contributed by atoms with Crippen LogP contribution in [0.3, 0.4) is 0 Å². The number of fused-ring (bicyclic) bond motifs is 2. The van der Waals surface area contributed by atoms with Crippen molar-refractivity contribution in [2.75, 3.05) is 0 Å². The Morgan fingerprint density at radius 3 is 1.13 bits per heavy atom. The molecular weight excluding hydrogens is 416 g/mol. The van der Waals surface area contributed by atoms with Gasteiger partial charge in [-0.15, -0.1) is 69.1 Å². The maximum Gasteiger partial charge on any atom is 2.00 e. The molecule has 0 N–H and O–H groups in total. The van der Waals surface area contributed by atoms with Gasteiger partial charge in [-0.25, -0.2) is 0 Å². The summed E-state index contributed by atoms with van der Waals surface area (Å²) in [6, 6.07) is 46.9. The van der Waals surface area contributed by atoms with Gasteiger partial charge in [-0.1, -0.05) is 108 Å². The van der Waals surface area contributed by atoms with E-state index in [1.54, 1.807) is 0 Å². The van der Waals surface area contributed by atoms with Crippen LogP contribution >= 0.6 is 0 Å². The minimum atomic E-state index is 0. The predicted molar refractivity (Wildman–Crippen MR) is 130 cm³/mol. The molecule has 1 heteroatoms. The van der Waals surface area contributed by atoms with Gasteiger partial charge in [-0.05, 0) is 0 Å². The molecule has 0 atom stereocenters. The molecule has 0 aliphatic heterocycles. The van der Waals surface area contributed by atoms with Crippen molar-refractivity contribution >= 4 is 21.5 Å². The van der Waals surface area contributed by atoms with Gasteiger partial charge in [-0.2, -0.15) is 0 Å². The van der Waals surface area contributed by atoms with E-state index in [0.29, 0.717) is 0 Å². The molecule has 0 aliphatic carbocycles. The first-order valence-corrected chi connectivity index (χ1v) is 10.3. The second-order valence-electron chi connectivity index (χ2n) is 7.48. The summed E-state index contributed by atoms with van der Waals surface area (Å²) < 4.78 is 0. The summed E-state index contributed by atoms with van der Waals surface area (Å²) >= 11 is 0. The average Bonchev–Trinajstić information content (AvgIpc) is 3.45. The van der Waals surface area contributed by atoms with Crippen molar-refractivity contribution in [3.63, 3.8) is 0 Å². The number of hydrogen-bond donors (Lipinski definition) is 0. The summed E-state index contributed by atoms with van der Waals surface area (Å²) in [7, 11) is 0. The van der Waals surface area contributed by atoms with Crippen LogP contribution in [0.1, 0.15) is 0 Å². The molecule has 0 amide bonds. The molecule has 0 saturated carbocycles. The average molecular weight is 438 g/mol. The van der Waals surface area contributed by atoms with Gasteiger partial charge in [-0.3, -0.25) is 0 Å². The van der Waals surface area contributed by atoms with E-state index in [-0.39, 0.29) is 17.1 Å². The number of rotatable bonds is 2. The monoisotopic (exact) mass is 438 g/mol. The summed E-state index contributed by atoms with van der Waals surface area (Å²) in [6.45, 7) is 0. The first-order valence-electron chi connectivity index (χ1n) is 10.3. The molecule has 0 bridgehead atoms. The Morgan fingerprint density at radius 2 is 0.742 bits per heavy atom. The summed E-state index contributed by atoms with van der Waals surface area (Å²) in [5.41, 5.74) is 5.18. The smallest absolute Gasteiger partial charge is 0.145 e. The fraction of sp³-hybridized carbons (Fsp3) is 0. The Balaban J connectivity index is 0.000000144. The Labute approximate surface area is 194 Å². The SMILES string of the molecule is [Fe+2].c1ccc(-c2cc3ccccc3[cH-]2)cc1.c1ccc(-c2cc3ccccc3[cH-]2)cc1. The molecule has 0 aromatic heterocycles. The van der Waals surface area contributed by atoms with Gasteiger partial charge in [0.2, 0.25) is 0 Å². The van der Waals surface area contributed by atoms with Crippen molar-refractivity contribution in [3.8, 4) is 22.3 Å².